The smallest absolute Gasteiger partial charge is 0.416 e. The third-order valence-corrected chi connectivity index (χ3v) is 6.74. The molecule has 1 aliphatic rings. The molecule has 0 atom stereocenters. The van der Waals surface area contributed by atoms with Crippen LogP contribution < -0.4 is 0 Å². The fourth-order valence-electron chi connectivity index (χ4n) is 2.81. The first-order chi connectivity index (χ1) is 13.6. The summed E-state index contributed by atoms with van der Waals surface area (Å²) in [6.45, 7) is 0.0682. The number of nitrogens with zero attached hydrogens (tertiary/aromatic N) is 2. The molecule has 1 saturated heterocycles. The van der Waals surface area contributed by atoms with E-state index in [2.05, 4.69) is 0 Å². The van der Waals surface area contributed by atoms with Crippen molar-refractivity contribution < 1.29 is 30.8 Å². The van der Waals surface area contributed by atoms with Crippen molar-refractivity contribution in [3.05, 3.63) is 59.0 Å². The van der Waals surface area contributed by atoms with Gasteiger partial charge in [-0.05, 0) is 36.4 Å². The van der Waals surface area contributed by atoms with Gasteiger partial charge in [0.2, 0.25) is 15.9 Å². The van der Waals surface area contributed by atoms with E-state index in [0.29, 0.717) is 11.8 Å². The Labute approximate surface area is 170 Å². The van der Waals surface area contributed by atoms with Crippen molar-refractivity contribution in [2.24, 2.45) is 0 Å². The van der Waals surface area contributed by atoms with Gasteiger partial charge in [-0.1, -0.05) is 11.6 Å². The molecule has 0 bridgehead atoms. The zero-order chi connectivity index (χ0) is 21.2. The van der Waals surface area contributed by atoms with Crippen molar-refractivity contribution in [3.63, 3.8) is 0 Å². The summed E-state index contributed by atoms with van der Waals surface area (Å²) in [4.78, 5) is 13.1. The summed E-state index contributed by atoms with van der Waals surface area (Å²) in [7, 11) is -4.24. The van der Waals surface area contributed by atoms with Crippen LogP contribution in [0.2, 0.25) is 5.02 Å². The molecule has 156 valence electrons. The van der Waals surface area contributed by atoms with Gasteiger partial charge in [-0.15, -0.1) is 0 Å². The number of rotatable bonds is 4. The molecule has 0 aliphatic carbocycles. The van der Waals surface area contributed by atoms with Gasteiger partial charge >= 0.3 is 6.18 Å². The third-order valence-electron chi connectivity index (χ3n) is 4.36. The van der Waals surface area contributed by atoms with Crippen LogP contribution in [-0.4, -0.2) is 49.7 Å². The third kappa shape index (κ3) is 4.82. The molecule has 0 radical (unpaired) electrons. The largest absolute Gasteiger partial charge is 0.465 e. The number of furan rings is 1. The number of alkyl halides is 3. The van der Waals surface area contributed by atoms with Gasteiger partial charge < -0.3 is 9.32 Å². The Hall–Kier alpha value is -2.30. The van der Waals surface area contributed by atoms with E-state index in [1.165, 1.54) is 23.3 Å². The maximum absolute atomic E-state index is 12.9. The number of carbonyl (C=O) groups excluding carboxylic acids is 1. The standard InChI is InChI=1S/C18H16ClF3N2O4S/c19-15-5-3-13(18(20,21)22)12-16(15)29(26,27)24-9-7-23(8-10-24)17(25)6-4-14-2-1-11-28-14/h1-6,11-12H,7-10H2. The molecule has 0 saturated carbocycles. The van der Waals surface area contributed by atoms with Gasteiger partial charge in [0.25, 0.3) is 0 Å². The average Bonchev–Trinajstić information content (AvgIpc) is 3.19. The van der Waals surface area contributed by atoms with E-state index in [-0.39, 0.29) is 37.1 Å². The summed E-state index contributed by atoms with van der Waals surface area (Å²) in [5, 5.41) is -0.294. The predicted molar refractivity (Wildman–Crippen MR) is 99.5 cm³/mol. The Bertz CT molecular complexity index is 1010. The number of halogens is 4. The van der Waals surface area contributed by atoms with E-state index in [1.807, 2.05) is 0 Å². The predicted octanol–water partition coefficient (Wildman–Crippen LogP) is 3.50. The minimum atomic E-state index is -4.69. The van der Waals surface area contributed by atoms with Crippen molar-refractivity contribution in [2.75, 3.05) is 26.2 Å². The Balaban J connectivity index is 1.71. The lowest BCUT2D eigenvalue weighted by atomic mass is 10.2. The lowest BCUT2D eigenvalue weighted by Gasteiger charge is -2.33. The highest BCUT2D eigenvalue weighted by atomic mass is 35.5. The monoisotopic (exact) mass is 448 g/mol. The molecule has 1 amide bonds. The fraction of sp³-hybridized carbons (Fsp3) is 0.278. The summed E-state index contributed by atoms with van der Waals surface area (Å²) < 4.78 is 70.5. The van der Waals surface area contributed by atoms with E-state index in [0.717, 1.165) is 16.4 Å². The average molecular weight is 449 g/mol. The molecule has 0 unspecified atom stereocenters. The van der Waals surface area contributed by atoms with Crippen molar-refractivity contribution in [1.82, 2.24) is 9.21 Å². The number of amides is 1. The van der Waals surface area contributed by atoms with Crippen LogP contribution in [0, 0.1) is 0 Å². The number of sulfonamides is 1. The lowest BCUT2D eigenvalue weighted by molar-refractivity contribution is -0.137. The van der Waals surface area contributed by atoms with Gasteiger partial charge in [-0.25, -0.2) is 8.42 Å². The van der Waals surface area contributed by atoms with E-state index < -0.39 is 26.7 Å². The molecular weight excluding hydrogens is 433 g/mol. The Morgan fingerprint density at radius 2 is 1.83 bits per heavy atom. The van der Waals surface area contributed by atoms with Crippen molar-refractivity contribution in [2.45, 2.75) is 11.1 Å². The van der Waals surface area contributed by atoms with Gasteiger partial charge in [0, 0.05) is 32.3 Å². The van der Waals surface area contributed by atoms with Crippen LogP contribution in [0.25, 0.3) is 6.08 Å². The zero-order valence-corrected chi connectivity index (χ0v) is 16.5. The molecule has 0 spiro atoms. The first-order valence-corrected chi connectivity index (χ1v) is 10.3. The van der Waals surface area contributed by atoms with E-state index >= 15 is 0 Å². The van der Waals surface area contributed by atoms with Crippen LogP contribution >= 0.6 is 11.6 Å². The van der Waals surface area contributed by atoms with Gasteiger partial charge in [0.15, 0.2) is 0 Å². The number of benzene rings is 1. The van der Waals surface area contributed by atoms with Crippen LogP contribution in [0.3, 0.4) is 0 Å². The minimum Gasteiger partial charge on any atom is -0.465 e. The van der Waals surface area contributed by atoms with Crippen LogP contribution in [0.5, 0.6) is 0 Å². The summed E-state index contributed by atoms with van der Waals surface area (Å²) in [6.07, 6.45) is -0.423. The summed E-state index contributed by atoms with van der Waals surface area (Å²) in [5.74, 6) is 0.175. The van der Waals surface area contributed by atoms with Gasteiger partial charge in [-0.3, -0.25) is 4.79 Å². The summed E-state index contributed by atoms with van der Waals surface area (Å²) >= 11 is 5.86. The molecule has 11 heteroatoms. The molecular formula is C18H16ClF3N2O4S. The highest BCUT2D eigenvalue weighted by Crippen LogP contribution is 2.34. The summed E-state index contributed by atoms with van der Waals surface area (Å²) in [5.41, 5.74) is -1.10. The second-order valence-electron chi connectivity index (χ2n) is 6.22. The van der Waals surface area contributed by atoms with Crippen molar-refractivity contribution in [3.8, 4) is 0 Å². The van der Waals surface area contributed by atoms with Crippen LogP contribution in [0.1, 0.15) is 11.3 Å². The van der Waals surface area contributed by atoms with Crippen molar-refractivity contribution in [1.29, 1.82) is 0 Å². The molecule has 1 fully saturated rings. The highest BCUT2D eigenvalue weighted by Gasteiger charge is 2.35. The van der Waals surface area contributed by atoms with Gasteiger partial charge in [-0.2, -0.15) is 17.5 Å². The Kier molecular flexibility index (Phi) is 6.06. The number of hydrogen-bond acceptors (Lipinski definition) is 4. The quantitative estimate of drug-likeness (QED) is 0.671. The molecule has 6 nitrogen and oxygen atoms in total. The van der Waals surface area contributed by atoms with Crippen LogP contribution in [-0.2, 0) is 21.0 Å². The highest BCUT2D eigenvalue weighted by molar-refractivity contribution is 7.89. The summed E-state index contributed by atoms with van der Waals surface area (Å²) in [6, 6.07) is 5.51. The zero-order valence-electron chi connectivity index (χ0n) is 14.9. The van der Waals surface area contributed by atoms with Crippen LogP contribution in [0.4, 0.5) is 13.2 Å². The number of carbonyl (C=O) groups is 1. The number of hydrogen-bond donors (Lipinski definition) is 0. The SMILES string of the molecule is O=C(C=Cc1ccco1)N1CCN(S(=O)(=O)c2cc(C(F)(F)F)ccc2Cl)CC1. The normalized spacial score (nSPS) is 16.5. The first-order valence-electron chi connectivity index (χ1n) is 8.46. The van der Waals surface area contributed by atoms with E-state index in [1.54, 1.807) is 12.1 Å². The first kappa shape index (κ1) is 21.4. The minimum absolute atomic E-state index is 0.0603. The molecule has 1 aromatic heterocycles. The second-order valence-corrected chi connectivity index (χ2v) is 8.53. The second kappa shape index (κ2) is 8.21. The maximum atomic E-state index is 12.9. The number of piperazine rings is 1. The van der Waals surface area contributed by atoms with Crippen molar-refractivity contribution >= 4 is 33.6 Å². The Morgan fingerprint density at radius 1 is 1.14 bits per heavy atom. The molecule has 1 aliphatic heterocycles. The molecule has 3 rings (SSSR count). The van der Waals surface area contributed by atoms with Gasteiger partial charge in [0.05, 0.1) is 16.8 Å². The van der Waals surface area contributed by atoms with Gasteiger partial charge in [0.1, 0.15) is 10.7 Å². The fourth-order valence-corrected chi connectivity index (χ4v) is 4.73. The molecule has 29 heavy (non-hydrogen) atoms. The van der Waals surface area contributed by atoms with Crippen LogP contribution in [0.15, 0.2) is 52.0 Å². The molecule has 1 aromatic carbocycles. The van der Waals surface area contributed by atoms with E-state index in [4.69, 9.17) is 16.0 Å². The Morgan fingerprint density at radius 3 is 2.41 bits per heavy atom. The van der Waals surface area contributed by atoms with E-state index in [9.17, 15) is 26.4 Å². The lowest BCUT2D eigenvalue weighted by Crippen LogP contribution is -2.50. The topological polar surface area (TPSA) is 70.8 Å². The molecule has 0 N–H and O–H groups in total. The molecule has 2 aromatic rings. The maximum Gasteiger partial charge on any atom is 0.416 e. The molecule has 2 heterocycles.